The zero-order valence-electron chi connectivity index (χ0n) is 56.1. The van der Waals surface area contributed by atoms with E-state index in [1.165, 1.54) is 77.0 Å². The standard InChI is InChI=1S/C83H128O5/c1-3-5-7-9-11-13-15-17-19-21-23-25-27-29-31-33-35-37-39-40-41-42-44-45-47-49-51-53-55-57-59-61-63-65-67-69-71-73-75-77-82(85)87-80-81(79-84)88-83(86)78-76-74-72-70-68-66-64-62-60-58-56-54-52-50-48-46-43-38-36-34-32-30-28-26-24-22-20-18-16-14-12-10-8-6-4-2/h5-8,11-14,17-20,23-26,29-32,35-38,40-41,44-46,48,52,54,58,60,64,66,81,84H,3-4,9-10,15-16,21-22,27-28,33-34,39,42-43,47,49-51,53,55-57,59,61-63,65,67-80H2,1-2H3/b7-5-,8-6-,13-11-,14-12-,19-17-,20-18-,25-23-,26-24-,31-29-,32-30-,37-35-,38-36-,41-40-,45-44-,48-46-,54-52-,60-58-,66-64-. The molecular weight excluding hydrogens is 1080 g/mol. The third-order valence-corrected chi connectivity index (χ3v) is 14.3. The zero-order chi connectivity index (χ0) is 63.3. The number of carbonyl (C=O) groups is 2. The predicted molar refractivity (Wildman–Crippen MR) is 388 cm³/mol. The van der Waals surface area contributed by atoms with Gasteiger partial charge in [-0.25, -0.2) is 0 Å². The largest absolute Gasteiger partial charge is 0.462 e. The van der Waals surface area contributed by atoms with E-state index >= 15 is 0 Å². The summed E-state index contributed by atoms with van der Waals surface area (Å²) < 4.78 is 10.7. The lowest BCUT2D eigenvalue weighted by molar-refractivity contribution is -0.161. The molecule has 0 rings (SSSR count). The number of rotatable bonds is 62. The van der Waals surface area contributed by atoms with E-state index in [1.54, 1.807) is 0 Å². The van der Waals surface area contributed by atoms with Gasteiger partial charge in [0.1, 0.15) is 6.61 Å². The summed E-state index contributed by atoms with van der Waals surface area (Å²) in [6, 6.07) is 0. The second-order valence-electron chi connectivity index (χ2n) is 22.5. The molecule has 1 atom stereocenters. The number of unbranched alkanes of at least 4 members (excludes halogenated alkanes) is 18. The summed E-state index contributed by atoms with van der Waals surface area (Å²) in [4.78, 5) is 24.7. The molecule has 0 aromatic heterocycles. The Morgan fingerprint density at radius 1 is 0.261 bits per heavy atom. The van der Waals surface area contributed by atoms with Crippen molar-refractivity contribution in [3.05, 3.63) is 219 Å². The molecule has 0 heterocycles. The lowest BCUT2D eigenvalue weighted by Gasteiger charge is -2.15. The number of aliphatic hydroxyl groups is 1. The van der Waals surface area contributed by atoms with Crippen LogP contribution in [0.15, 0.2) is 219 Å². The maximum absolute atomic E-state index is 12.4. The van der Waals surface area contributed by atoms with Gasteiger partial charge in [0.15, 0.2) is 6.10 Å². The summed E-state index contributed by atoms with van der Waals surface area (Å²) in [7, 11) is 0. The van der Waals surface area contributed by atoms with Gasteiger partial charge in [-0.3, -0.25) is 9.59 Å². The zero-order valence-corrected chi connectivity index (χ0v) is 56.1. The van der Waals surface area contributed by atoms with Crippen molar-refractivity contribution < 1.29 is 24.2 Å². The van der Waals surface area contributed by atoms with Crippen LogP contribution in [-0.4, -0.2) is 36.4 Å². The van der Waals surface area contributed by atoms with Gasteiger partial charge in [-0.15, -0.1) is 0 Å². The van der Waals surface area contributed by atoms with Crippen LogP contribution in [0.4, 0.5) is 0 Å². The summed E-state index contributed by atoms with van der Waals surface area (Å²) in [5, 5.41) is 9.70. The Bertz CT molecular complexity index is 2100. The number of hydrogen-bond donors (Lipinski definition) is 1. The quantitative estimate of drug-likeness (QED) is 0.0373. The predicted octanol–water partition coefficient (Wildman–Crippen LogP) is 25.1. The number of esters is 2. The van der Waals surface area contributed by atoms with Gasteiger partial charge in [-0.2, -0.15) is 0 Å². The van der Waals surface area contributed by atoms with Crippen molar-refractivity contribution in [1.82, 2.24) is 0 Å². The number of hydrogen-bond acceptors (Lipinski definition) is 5. The van der Waals surface area contributed by atoms with Gasteiger partial charge < -0.3 is 14.6 Å². The fourth-order valence-electron chi connectivity index (χ4n) is 9.07. The third-order valence-electron chi connectivity index (χ3n) is 14.3. The molecule has 0 bridgehead atoms. The van der Waals surface area contributed by atoms with Crippen LogP contribution in [0, 0.1) is 0 Å². The van der Waals surface area contributed by atoms with Gasteiger partial charge in [0.25, 0.3) is 0 Å². The van der Waals surface area contributed by atoms with E-state index in [-0.39, 0.29) is 25.2 Å². The number of aliphatic hydroxyl groups excluding tert-OH is 1. The van der Waals surface area contributed by atoms with Gasteiger partial charge in [-0.05, 0) is 154 Å². The smallest absolute Gasteiger partial charge is 0.306 e. The molecule has 0 amide bonds. The maximum Gasteiger partial charge on any atom is 0.306 e. The van der Waals surface area contributed by atoms with Crippen LogP contribution in [-0.2, 0) is 19.1 Å². The highest BCUT2D eigenvalue weighted by molar-refractivity contribution is 5.70. The molecule has 0 saturated carbocycles. The van der Waals surface area contributed by atoms with Crippen LogP contribution in [0.2, 0.25) is 0 Å². The molecule has 1 N–H and O–H groups in total. The molecule has 0 saturated heterocycles. The van der Waals surface area contributed by atoms with Crippen molar-refractivity contribution in [1.29, 1.82) is 0 Å². The minimum absolute atomic E-state index is 0.0897. The van der Waals surface area contributed by atoms with Crippen molar-refractivity contribution >= 4 is 11.9 Å². The molecule has 0 aliphatic rings. The lowest BCUT2D eigenvalue weighted by Crippen LogP contribution is -2.28. The van der Waals surface area contributed by atoms with E-state index in [0.717, 1.165) is 167 Å². The summed E-state index contributed by atoms with van der Waals surface area (Å²) in [6.45, 7) is 3.88. The molecule has 5 nitrogen and oxygen atoms in total. The Balaban J connectivity index is 3.62. The molecule has 0 aliphatic carbocycles. The van der Waals surface area contributed by atoms with E-state index in [0.29, 0.717) is 12.8 Å². The minimum Gasteiger partial charge on any atom is -0.462 e. The monoisotopic (exact) mass is 1200 g/mol. The lowest BCUT2D eigenvalue weighted by atomic mass is 10.0. The van der Waals surface area contributed by atoms with E-state index in [9.17, 15) is 14.7 Å². The van der Waals surface area contributed by atoms with Crippen LogP contribution in [0.5, 0.6) is 0 Å². The Kier molecular flexibility index (Phi) is 70.5. The van der Waals surface area contributed by atoms with Crippen LogP contribution < -0.4 is 0 Å². The highest BCUT2D eigenvalue weighted by Gasteiger charge is 2.16. The van der Waals surface area contributed by atoms with E-state index in [2.05, 4.69) is 233 Å². The van der Waals surface area contributed by atoms with Crippen molar-refractivity contribution in [2.24, 2.45) is 0 Å². The number of allylic oxidation sites excluding steroid dienone is 36. The van der Waals surface area contributed by atoms with Gasteiger partial charge >= 0.3 is 11.9 Å². The third kappa shape index (κ3) is 72.7. The molecule has 88 heavy (non-hydrogen) atoms. The molecule has 0 aromatic rings. The van der Waals surface area contributed by atoms with E-state index in [4.69, 9.17) is 9.47 Å². The van der Waals surface area contributed by atoms with Crippen LogP contribution >= 0.6 is 0 Å². The molecule has 0 aliphatic heterocycles. The van der Waals surface area contributed by atoms with Gasteiger partial charge in [0.05, 0.1) is 6.61 Å². The van der Waals surface area contributed by atoms with Crippen LogP contribution in [0.1, 0.15) is 271 Å². The van der Waals surface area contributed by atoms with Crippen LogP contribution in [0.3, 0.4) is 0 Å². The summed E-state index contributed by atoms with van der Waals surface area (Å²) >= 11 is 0. The fourth-order valence-corrected chi connectivity index (χ4v) is 9.07. The first-order valence-corrected chi connectivity index (χ1v) is 35.3. The molecule has 1 unspecified atom stereocenters. The molecular formula is C83H128O5. The average Bonchev–Trinajstić information content (AvgIpc) is 3.54. The first-order valence-electron chi connectivity index (χ1n) is 35.3. The van der Waals surface area contributed by atoms with Crippen molar-refractivity contribution in [3.63, 3.8) is 0 Å². The number of ether oxygens (including phenoxy) is 2. The van der Waals surface area contributed by atoms with Crippen molar-refractivity contribution in [3.8, 4) is 0 Å². The molecule has 0 fully saturated rings. The maximum atomic E-state index is 12.4. The Morgan fingerprint density at radius 3 is 0.682 bits per heavy atom. The Morgan fingerprint density at radius 2 is 0.455 bits per heavy atom. The second kappa shape index (κ2) is 75.5. The van der Waals surface area contributed by atoms with Gasteiger partial charge in [-0.1, -0.05) is 322 Å². The molecule has 0 radical (unpaired) electrons. The normalized spacial score (nSPS) is 13.6. The second-order valence-corrected chi connectivity index (χ2v) is 22.5. The Labute approximate surface area is 542 Å². The van der Waals surface area contributed by atoms with Crippen LogP contribution in [0.25, 0.3) is 0 Å². The first-order chi connectivity index (χ1) is 43.6. The minimum atomic E-state index is -0.804. The first kappa shape index (κ1) is 82.2. The molecule has 490 valence electrons. The molecule has 0 aromatic carbocycles. The van der Waals surface area contributed by atoms with Crippen molar-refractivity contribution in [2.75, 3.05) is 13.2 Å². The average molecular weight is 1210 g/mol. The Hall–Kier alpha value is -5.78. The molecule has 5 heteroatoms. The van der Waals surface area contributed by atoms with Gasteiger partial charge in [0.2, 0.25) is 0 Å². The van der Waals surface area contributed by atoms with Gasteiger partial charge in [0, 0.05) is 12.8 Å². The topological polar surface area (TPSA) is 72.8 Å². The fraction of sp³-hybridized carbons (Fsp3) is 0.542. The van der Waals surface area contributed by atoms with Crippen molar-refractivity contribution in [2.45, 2.75) is 277 Å². The summed E-state index contributed by atoms with van der Waals surface area (Å²) in [5.74, 6) is -0.632. The highest BCUT2D eigenvalue weighted by Crippen LogP contribution is 2.15. The highest BCUT2D eigenvalue weighted by atomic mass is 16.6. The molecule has 0 spiro atoms. The SMILES string of the molecule is CC/C=C\C/C=C\C/C=C\C/C=C\C/C=C\C/C=C\C/C=C\C/C=C\C/C=C\C/C=C\CCCCCCC(=O)OC(CO)COC(=O)CCCCCCCCCCCCCCCC/C=C\C/C=C\C/C=C\C/C=C\C/C=C\C/C=C\C/C=C\C/C=C\CC. The number of carbonyl (C=O) groups excluding carboxylic acids is 2. The van der Waals surface area contributed by atoms with E-state index < -0.39 is 6.10 Å². The summed E-state index contributed by atoms with van der Waals surface area (Å²) in [5.41, 5.74) is 0. The summed E-state index contributed by atoms with van der Waals surface area (Å²) in [6.07, 6.45) is 122. The van der Waals surface area contributed by atoms with E-state index in [1.807, 2.05) is 0 Å².